The fourth-order valence-corrected chi connectivity index (χ4v) is 5.91. The van der Waals surface area contributed by atoms with Gasteiger partial charge in [0.1, 0.15) is 36.4 Å². The predicted octanol–water partition coefficient (Wildman–Crippen LogP) is 2.80. The van der Waals surface area contributed by atoms with Gasteiger partial charge in [0.2, 0.25) is 11.3 Å². The van der Waals surface area contributed by atoms with Crippen molar-refractivity contribution in [2.75, 3.05) is 6.61 Å². The molecule has 4 rings (SSSR count). The quantitative estimate of drug-likeness (QED) is 0.0762. The highest BCUT2D eigenvalue weighted by molar-refractivity contribution is 8.07. The van der Waals surface area contributed by atoms with Crippen LogP contribution in [0, 0.1) is 16.0 Å². The summed E-state index contributed by atoms with van der Waals surface area (Å²) in [5, 5.41) is 9.08. The normalized spacial score (nSPS) is 20.3. The molecule has 0 N–H and O–H groups in total. The van der Waals surface area contributed by atoms with Gasteiger partial charge in [-0.3, -0.25) is 19.8 Å². The first-order chi connectivity index (χ1) is 19.7. The van der Waals surface area contributed by atoms with Crippen LogP contribution in [0.3, 0.4) is 0 Å². The number of amides is 1. The number of non-ortho nitro benzene ring substituents is 1. The molecule has 41 heavy (non-hydrogen) atoms. The summed E-state index contributed by atoms with van der Waals surface area (Å²) in [7, 11) is 0. The number of rotatable bonds is 10. The SMILES string of the molecule is CCOC1=C(C(=O)OCc2ccccc2)N2C(=O)[C@H](C(C)OC(=O)OCc3ccc([N+](=O)[O-])cc3)[C@H]2[S+]([O-])C1=[N+]=[N-]. The molecule has 2 unspecified atom stereocenters. The molecule has 2 aliphatic heterocycles. The molecule has 1 amide bonds. The summed E-state index contributed by atoms with van der Waals surface area (Å²) in [4.78, 5) is 53.0. The van der Waals surface area contributed by atoms with Crippen molar-refractivity contribution in [1.82, 2.24) is 4.90 Å². The molecule has 2 heterocycles. The number of nitro benzene ring substituents is 1. The maximum atomic E-state index is 13.3. The van der Waals surface area contributed by atoms with Crippen LogP contribution in [0.1, 0.15) is 25.0 Å². The number of hydrogen-bond donors (Lipinski definition) is 0. The molecule has 4 atom stereocenters. The standard InChI is InChI=1S/C26H24N4O10S/c1-3-37-21-20(25(32)38-13-16-7-5-4-6-8-16)29-23(31)19(24(29)41(36)22(21)28-27)15(2)40-26(33)39-14-17-9-11-18(12-10-17)30(34)35/h4-12,15,19,24H,3,13-14H2,1-2H3/t15?,19-,24+,41?/m0/s1. The van der Waals surface area contributed by atoms with Crippen LogP contribution in [0.2, 0.25) is 0 Å². The molecular weight excluding hydrogens is 560 g/mol. The Balaban J connectivity index is 1.48. The molecule has 0 bridgehead atoms. The number of β-lactam (4-membered cyclic amide) rings is 1. The minimum atomic E-state index is -2.17. The number of hydrogen-bond acceptors (Lipinski definition) is 10. The summed E-state index contributed by atoms with van der Waals surface area (Å²) in [6.45, 7) is 2.58. The lowest BCUT2D eigenvalue weighted by atomic mass is 9.91. The van der Waals surface area contributed by atoms with Crippen molar-refractivity contribution in [3.63, 3.8) is 0 Å². The highest BCUT2D eigenvalue weighted by Gasteiger charge is 2.68. The first kappa shape index (κ1) is 29.3. The summed E-state index contributed by atoms with van der Waals surface area (Å²) < 4.78 is 34.4. The average molecular weight is 585 g/mol. The number of nitrogens with zero attached hydrogens (tertiary/aromatic N) is 4. The molecule has 2 aliphatic rings. The molecule has 1 saturated heterocycles. The third-order valence-electron chi connectivity index (χ3n) is 6.22. The zero-order valence-corrected chi connectivity index (χ0v) is 22.6. The lowest BCUT2D eigenvalue weighted by Crippen LogP contribution is -2.70. The van der Waals surface area contributed by atoms with Gasteiger partial charge in [-0.25, -0.2) is 9.59 Å². The third kappa shape index (κ3) is 6.06. The second-order valence-electron chi connectivity index (χ2n) is 8.78. The second-order valence-corrected chi connectivity index (χ2v) is 10.2. The minimum absolute atomic E-state index is 0.00272. The van der Waals surface area contributed by atoms with Crippen LogP contribution in [0.25, 0.3) is 5.53 Å². The number of carbonyl (C=O) groups excluding carboxylic acids is 3. The number of nitro groups is 1. The van der Waals surface area contributed by atoms with Crippen LogP contribution >= 0.6 is 0 Å². The van der Waals surface area contributed by atoms with Gasteiger partial charge in [-0.2, -0.15) is 0 Å². The lowest BCUT2D eigenvalue weighted by Gasteiger charge is -2.47. The fourth-order valence-electron chi connectivity index (χ4n) is 4.26. The molecule has 0 aliphatic carbocycles. The van der Waals surface area contributed by atoms with Gasteiger partial charge >= 0.3 is 17.2 Å². The van der Waals surface area contributed by atoms with Crippen LogP contribution in [0.4, 0.5) is 10.5 Å². The van der Waals surface area contributed by atoms with E-state index in [9.17, 15) is 34.6 Å². The molecule has 2 aromatic carbocycles. The zero-order valence-electron chi connectivity index (χ0n) is 21.8. The lowest BCUT2D eigenvalue weighted by molar-refractivity contribution is -0.384. The third-order valence-corrected chi connectivity index (χ3v) is 7.81. The molecule has 0 saturated carbocycles. The van der Waals surface area contributed by atoms with Gasteiger partial charge < -0.3 is 29.0 Å². The Morgan fingerprint density at radius 3 is 2.34 bits per heavy atom. The molecule has 0 radical (unpaired) electrons. The minimum Gasteiger partial charge on any atom is -0.604 e. The van der Waals surface area contributed by atoms with Crippen molar-refractivity contribution in [2.45, 2.75) is 38.5 Å². The van der Waals surface area contributed by atoms with E-state index in [-0.39, 0.29) is 37.0 Å². The fraction of sp³-hybridized carbons (Fsp3) is 0.308. The van der Waals surface area contributed by atoms with E-state index in [2.05, 4.69) is 4.79 Å². The number of esters is 1. The van der Waals surface area contributed by atoms with E-state index in [4.69, 9.17) is 18.9 Å². The number of benzene rings is 2. The van der Waals surface area contributed by atoms with Crippen LogP contribution in [-0.2, 0) is 52.9 Å². The monoisotopic (exact) mass is 584 g/mol. The van der Waals surface area contributed by atoms with Crippen LogP contribution in [0.15, 0.2) is 66.1 Å². The Morgan fingerprint density at radius 2 is 1.73 bits per heavy atom. The van der Waals surface area contributed by atoms with Gasteiger partial charge in [0.25, 0.3) is 11.4 Å². The first-order valence-electron chi connectivity index (χ1n) is 12.3. The first-order valence-corrected chi connectivity index (χ1v) is 13.5. The average Bonchev–Trinajstić information content (AvgIpc) is 2.96. The molecule has 2 aromatic rings. The van der Waals surface area contributed by atoms with E-state index in [0.717, 1.165) is 4.90 Å². The topological polar surface area (TPSA) is 194 Å². The van der Waals surface area contributed by atoms with E-state index in [1.807, 2.05) is 0 Å². The molecular formula is C26H24N4O10S. The van der Waals surface area contributed by atoms with Gasteiger partial charge in [-0.05, 0) is 37.1 Å². The maximum Gasteiger partial charge on any atom is 0.529 e. The van der Waals surface area contributed by atoms with E-state index in [0.29, 0.717) is 11.1 Å². The van der Waals surface area contributed by atoms with Gasteiger partial charge in [-0.1, -0.05) is 30.3 Å². The van der Waals surface area contributed by atoms with Gasteiger partial charge in [0, 0.05) is 12.1 Å². The van der Waals surface area contributed by atoms with Crippen LogP contribution in [0.5, 0.6) is 0 Å². The molecule has 15 heteroatoms. The van der Waals surface area contributed by atoms with Crippen LogP contribution < -0.4 is 0 Å². The Hall–Kier alpha value is -4.72. The number of fused-ring (bicyclic) bond motifs is 1. The van der Waals surface area contributed by atoms with Crippen molar-refractivity contribution in [3.05, 3.63) is 92.8 Å². The maximum absolute atomic E-state index is 13.3. The largest absolute Gasteiger partial charge is 0.604 e. The molecule has 0 aromatic heterocycles. The van der Waals surface area contributed by atoms with Crippen molar-refractivity contribution in [1.29, 1.82) is 0 Å². The Labute approximate surface area is 236 Å². The molecule has 0 spiro atoms. The van der Waals surface area contributed by atoms with Crippen LogP contribution in [-0.4, -0.2) is 60.3 Å². The Bertz CT molecular complexity index is 1430. The summed E-state index contributed by atoms with van der Waals surface area (Å²) in [6.07, 6.45) is -2.31. The Morgan fingerprint density at radius 1 is 1.10 bits per heavy atom. The van der Waals surface area contributed by atoms with Gasteiger partial charge in [-0.15, -0.1) is 4.79 Å². The highest BCUT2D eigenvalue weighted by atomic mass is 32.2. The summed E-state index contributed by atoms with van der Waals surface area (Å²) >= 11 is -2.17. The summed E-state index contributed by atoms with van der Waals surface area (Å²) in [6, 6.07) is 14.1. The van der Waals surface area contributed by atoms with E-state index in [1.54, 1.807) is 37.3 Å². The van der Waals surface area contributed by atoms with Crippen molar-refractivity contribution >= 4 is 39.9 Å². The van der Waals surface area contributed by atoms with Gasteiger partial charge in [0.05, 0.1) is 11.5 Å². The molecule has 1 fully saturated rings. The molecule has 214 valence electrons. The molecule has 14 nitrogen and oxygen atoms in total. The number of ether oxygens (including phenoxy) is 4. The van der Waals surface area contributed by atoms with E-state index < -0.39 is 56.6 Å². The number of carbonyl (C=O) groups is 3. The van der Waals surface area contributed by atoms with E-state index >= 15 is 0 Å². The summed E-state index contributed by atoms with van der Waals surface area (Å²) in [5.41, 5.74) is 10.3. The van der Waals surface area contributed by atoms with E-state index in [1.165, 1.54) is 31.2 Å². The highest BCUT2D eigenvalue weighted by Crippen LogP contribution is 2.43. The zero-order chi connectivity index (χ0) is 29.7. The second kappa shape index (κ2) is 12.6. The Kier molecular flexibility index (Phi) is 9.02. The smallest absolute Gasteiger partial charge is 0.529 e. The van der Waals surface area contributed by atoms with Crippen molar-refractivity contribution in [2.24, 2.45) is 5.92 Å². The van der Waals surface area contributed by atoms with Gasteiger partial charge in [0.15, 0.2) is 5.70 Å². The van der Waals surface area contributed by atoms with Crippen molar-refractivity contribution in [3.8, 4) is 0 Å². The summed E-state index contributed by atoms with van der Waals surface area (Å²) in [5.74, 6) is -3.20. The predicted molar refractivity (Wildman–Crippen MR) is 140 cm³/mol. The van der Waals surface area contributed by atoms with Crippen molar-refractivity contribution < 1.29 is 47.6 Å².